The van der Waals surface area contributed by atoms with Crippen LogP contribution in [0, 0.1) is 0 Å². The van der Waals surface area contributed by atoms with Crippen LogP contribution in [-0.4, -0.2) is 29.3 Å². The quantitative estimate of drug-likeness (QED) is 0.787. The molecule has 136 valence electrons. The van der Waals surface area contributed by atoms with Crippen molar-refractivity contribution in [2.45, 2.75) is 32.0 Å². The molecule has 0 aliphatic carbocycles. The Bertz CT molecular complexity index is 807. The van der Waals surface area contributed by atoms with Crippen LogP contribution in [0.2, 0.25) is 0 Å². The first kappa shape index (κ1) is 18.6. The monoisotopic (exact) mass is 415 g/mol. The number of fused-ring (bicyclic) bond motifs is 1. The minimum atomic E-state index is -0.460. The maximum atomic E-state index is 12.5. The summed E-state index contributed by atoms with van der Waals surface area (Å²) in [7, 11) is 0. The molecule has 1 heterocycles. The number of amides is 2. The van der Waals surface area contributed by atoms with E-state index in [0.29, 0.717) is 13.0 Å². The van der Waals surface area contributed by atoms with Crippen molar-refractivity contribution in [2.24, 2.45) is 5.73 Å². The maximum absolute atomic E-state index is 12.5. The van der Waals surface area contributed by atoms with E-state index >= 15 is 0 Å². The number of benzene rings is 2. The summed E-state index contributed by atoms with van der Waals surface area (Å²) < 4.78 is 0.996. The first-order chi connectivity index (χ1) is 12.4. The highest BCUT2D eigenvalue weighted by molar-refractivity contribution is 9.10. The van der Waals surface area contributed by atoms with Crippen molar-refractivity contribution >= 4 is 27.7 Å². The van der Waals surface area contributed by atoms with Crippen molar-refractivity contribution in [1.82, 2.24) is 10.2 Å². The number of primary amides is 1. The molecule has 2 atom stereocenters. The van der Waals surface area contributed by atoms with Gasteiger partial charge in [-0.15, -0.1) is 0 Å². The summed E-state index contributed by atoms with van der Waals surface area (Å²) in [5.41, 5.74) is 8.86. The van der Waals surface area contributed by atoms with E-state index in [9.17, 15) is 9.59 Å². The Morgan fingerprint density at radius 2 is 1.85 bits per heavy atom. The number of hydrogen-bond donors (Lipinski definition) is 2. The average molecular weight is 416 g/mol. The smallest absolute Gasteiger partial charge is 0.235 e. The number of carbonyl (C=O) groups excluding carboxylic acids is 2. The summed E-state index contributed by atoms with van der Waals surface area (Å²) in [6.45, 7) is 2.63. The van der Waals surface area contributed by atoms with Gasteiger partial charge in [-0.1, -0.05) is 52.3 Å². The second kappa shape index (κ2) is 8.01. The minimum Gasteiger partial charge on any atom is -0.368 e. The molecule has 0 spiro atoms. The summed E-state index contributed by atoms with van der Waals surface area (Å²) in [6.07, 6.45) is 0.543. The number of hydrogen-bond acceptors (Lipinski definition) is 3. The Morgan fingerprint density at radius 1 is 1.19 bits per heavy atom. The standard InChI is InChI=1S/C20H22BrN3O2/c1-13(14-6-8-17(21)9-7-14)23-19(25)12-24-11-16-5-3-2-4-15(16)10-18(24)20(22)26/h2-9,13,18H,10-12H2,1H3,(H2,22,26)(H,23,25)/t13?,18-/m0/s1. The third-order valence-corrected chi connectivity index (χ3v) is 5.30. The van der Waals surface area contributed by atoms with E-state index in [1.54, 1.807) is 0 Å². The number of nitrogens with one attached hydrogen (secondary N) is 1. The fraction of sp³-hybridized carbons (Fsp3) is 0.300. The van der Waals surface area contributed by atoms with Crippen LogP contribution in [0.1, 0.15) is 29.7 Å². The Hall–Kier alpha value is -2.18. The Labute approximate surface area is 161 Å². The van der Waals surface area contributed by atoms with Crippen molar-refractivity contribution in [1.29, 1.82) is 0 Å². The Morgan fingerprint density at radius 3 is 2.50 bits per heavy atom. The molecule has 3 N–H and O–H groups in total. The Balaban J connectivity index is 1.67. The van der Waals surface area contributed by atoms with E-state index in [1.165, 1.54) is 0 Å². The third-order valence-electron chi connectivity index (χ3n) is 4.77. The lowest BCUT2D eigenvalue weighted by Crippen LogP contribution is -2.51. The van der Waals surface area contributed by atoms with Crippen molar-refractivity contribution in [3.05, 3.63) is 69.7 Å². The van der Waals surface area contributed by atoms with Crippen LogP contribution < -0.4 is 11.1 Å². The van der Waals surface area contributed by atoms with Crippen LogP contribution >= 0.6 is 15.9 Å². The van der Waals surface area contributed by atoms with Gasteiger partial charge in [-0.05, 0) is 42.2 Å². The summed E-state index contributed by atoms with van der Waals surface area (Å²) in [5.74, 6) is -0.515. The first-order valence-corrected chi connectivity index (χ1v) is 9.38. The zero-order valence-electron chi connectivity index (χ0n) is 14.6. The molecule has 1 aliphatic rings. The fourth-order valence-corrected chi connectivity index (χ4v) is 3.59. The lowest BCUT2D eigenvalue weighted by atomic mass is 9.93. The maximum Gasteiger partial charge on any atom is 0.235 e. The molecule has 2 amide bonds. The van der Waals surface area contributed by atoms with Gasteiger partial charge in [0.25, 0.3) is 0 Å². The van der Waals surface area contributed by atoms with Crippen LogP contribution in [0.25, 0.3) is 0 Å². The van der Waals surface area contributed by atoms with Crippen LogP contribution in [0.5, 0.6) is 0 Å². The third kappa shape index (κ3) is 4.31. The van der Waals surface area contributed by atoms with E-state index in [4.69, 9.17) is 5.73 Å². The number of rotatable bonds is 5. The molecule has 3 rings (SSSR count). The van der Waals surface area contributed by atoms with Crippen LogP contribution in [0.15, 0.2) is 53.0 Å². The van der Waals surface area contributed by atoms with Crippen molar-refractivity contribution in [2.75, 3.05) is 6.54 Å². The van der Waals surface area contributed by atoms with Gasteiger partial charge in [-0.25, -0.2) is 0 Å². The number of nitrogens with zero attached hydrogens (tertiary/aromatic N) is 1. The largest absolute Gasteiger partial charge is 0.368 e. The van der Waals surface area contributed by atoms with Gasteiger partial charge in [0.2, 0.25) is 11.8 Å². The molecule has 1 aliphatic heterocycles. The fourth-order valence-electron chi connectivity index (χ4n) is 3.33. The van der Waals surface area contributed by atoms with E-state index in [1.807, 2.05) is 60.4 Å². The molecule has 1 unspecified atom stereocenters. The van der Waals surface area contributed by atoms with E-state index < -0.39 is 11.9 Å². The van der Waals surface area contributed by atoms with E-state index in [2.05, 4.69) is 21.2 Å². The zero-order valence-corrected chi connectivity index (χ0v) is 16.2. The summed E-state index contributed by atoms with van der Waals surface area (Å²) in [4.78, 5) is 26.3. The Kier molecular flexibility index (Phi) is 5.74. The van der Waals surface area contributed by atoms with Gasteiger partial charge in [0.05, 0.1) is 18.6 Å². The predicted octanol–water partition coefficient (Wildman–Crippen LogP) is 2.54. The van der Waals surface area contributed by atoms with Gasteiger partial charge in [0, 0.05) is 11.0 Å². The SMILES string of the molecule is CC(NC(=O)CN1Cc2ccccc2C[C@H]1C(N)=O)c1ccc(Br)cc1. The highest BCUT2D eigenvalue weighted by atomic mass is 79.9. The molecule has 0 aromatic heterocycles. The average Bonchev–Trinajstić information content (AvgIpc) is 2.61. The van der Waals surface area contributed by atoms with Crippen LogP contribution in [0.4, 0.5) is 0 Å². The molecule has 0 radical (unpaired) electrons. The topological polar surface area (TPSA) is 75.4 Å². The lowest BCUT2D eigenvalue weighted by Gasteiger charge is -2.34. The molecule has 2 aromatic carbocycles. The van der Waals surface area contributed by atoms with Crippen LogP contribution in [-0.2, 0) is 22.6 Å². The normalized spacial score (nSPS) is 18.0. The molecular formula is C20H22BrN3O2. The molecule has 2 aromatic rings. The predicted molar refractivity (Wildman–Crippen MR) is 104 cm³/mol. The highest BCUT2D eigenvalue weighted by Crippen LogP contribution is 2.23. The zero-order chi connectivity index (χ0) is 18.7. The molecule has 6 heteroatoms. The summed E-state index contributed by atoms with van der Waals surface area (Å²) in [5, 5.41) is 3.00. The van der Waals surface area contributed by atoms with Crippen LogP contribution in [0.3, 0.4) is 0 Å². The number of halogens is 1. The van der Waals surface area contributed by atoms with Crippen molar-refractivity contribution in [3.63, 3.8) is 0 Å². The molecule has 0 bridgehead atoms. The number of nitrogens with two attached hydrogens (primary N) is 1. The summed E-state index contributed by atoms with van der Waals surface area (Å²) in [6, 6.07) is 15.2. The van der Waals surface area contributed by atoms with E-state index in [0.717, 1.165) is 21.2 Å². The molecular weight excluding hydrogens is 394 g/mol. The molecule has 26 heavy (non-hydrogen) atoms. The first-order valence-electron chi connectivity index (χ1n) is 8.59. The van der Waals surface area contributed by atoms with Gasteiger partial charge >= 0.3 is 0 Å². The molecule has 0 fully saturated rings. The summed E-state index contributed by atoms with van der Waals surface area (Å²) >= 11 is 3.41. The van der Waals surface area contributed by atoms with E-state index in [-0.39, 0.29) is 18.5 Å². The van der Waals surface area contributed by atoms with Gasteiger partial charge in [0.15, 0.2) is 0 Å². The second-order valence-corrected chi connectivity index (χ2v) is 7.55. The number of carbonyl (C=O) groups is 2. The molecule has 5 nitrogen and oxygen atoms in total. The van der Waals surface area contributed by atoms with Crippen molar-refractivity contribution in [3.8, 4) is 0 Å². The van der Waals surface area contributed by atoms with Crippen molar-refractivity contribution < 1.29 is 9.59 Å². The second-order valence-electron chi connectivity index (χ2n) is 6.64. The minimum absolute atomic E-state index is 0.111. The highest BCUT2D eigenvalue weighted by Gasteiger charge is 2.31. The molecule has 0 saturated carbocycles. The van der Waals surface area contributed by atoms with Gasteiger partial charge in [-0.2, -0.15) is 0 Å². The lowest BCUT2D eigenvalue weighted by molar-refractivity contribution is -0.127. The van der Waals surface area contributed by atoms with Gasteiger partial charge in [0.1, 0.15) is 0 Å². The van der Waals surface area contributed by atoms with Gasteiger partial charge < -0.3 is 11.1 Å². The van der Waals surface area contributed by atoms with Gasteiger partial charge in [-0.3, -0.25) is 14.5 Å². The molecule has 0 saturated heterocycles.